The summed E-state index contributed by atoms with van der Waals surface area (Å²) in [5, 5.41) is 0. The third kappa shape index (κ3) is 4.13. The molecule has 0 saturated heterocycles. The molecule has 0 heterocycles. The molecule has 0 aromatic heterocycles. The van der Waals surface area contributed by atoms with Crippen LogP contribution in [-0.4, -0.2) is 26.3 Å². The fraction of sp³-hybridized carbons (Fsp3) is 0.357. The van der Waals surface area contributed by atoms with Gasteiger partial charge >= 0.3 is 5.97 Å². The van der Waals surface area contributed by atoms with Crippen molar-refractivity contribution >= 4 is 5.97 Å². The molecular weight excluding hydrogens is 232 g/mol. The van der Waals surface area contributed by atoms with Crippen LogP contribution in [0.15, 0.2) is 30.9 Å². The van der Waals surface area contributed by atoms with Gasteiger partial charge < -0.3 is 14.2 Å². The van der Waals surface area contributed by atoms with Crippen molar-refractivity contribution in [1.82, 2.24) is 0 Å². The Labute approximate surface area is 107 Å². The second-order valence-corrected chi connectivity index (χ2v) is 3.57. The smallest absolute Gasteiger partial charge is 0.344 e. The normalized spacial score (nSPS) is 9.67. The summed E-state index contributed by atoms with van der Waals surface area (Å²) >= 11 is 0. The van der Waals surface area contributed by atoms with E-state index in [1.54, 1.807) is 26.2 Å². The van der Waals surface area contributed by atoms with E-state index in [9.17, 15) is 4.79 Å². The van der Waals surface area contributed by atoms with Crippen LogP contribution in [0.4, 0.5) is 0 Å². The van der Waals surface area contributed by atoms with Crippen LogP contribution in [-0.2, 0) is 16.0 Å². The Hall–Kier alpha value is -1.97. The number of hydrogen-bond donors (Lipinski definition) is 0. The van der Waals surface area contributed by atoms with Crippen molar-refractivity contribution in [3.63, 3.8) is 0 Å². The van der Waals surface area contributed by atoms with E-state index in [2.05, 4.69) is 6.58 Å². The number of hydrogen-bond acceptors (Lipinski definition) is 4. The first kappa shape index (κ1) is 14.1. The summed E-state index contributed by atoms with van der Waals surface area (Å²) in [7, 11) is 1.56. The molecule has 0 atom stereocenters. The Morgan fingerprint density at radius 3 is 2.78 bits per heavy atom. The molecular formula is C14H18O4. The van der Waals surface area contributed by atoms with Gasteiger partial charge in [-0.1, -0.05) is 12.1 Å². The third-order valence-electron chi connectivity index (χ3n) is 2.26. The fourth-order valence-electron chi connectivity index (χ4n) is 1.47. The quantitative estimate of drug-likeness (QED) is 0.550. The Balaban J connectivity index is 2.74. The molecule has 0 N–H and O–H groups in total. The summed E-state index contributed by atoms with van der Waals surface area (Å²) in [6, 6.07) is 5.57. The molecule has 0 aliphatic carbocycles. The van der Waals surface area contributed by atoms with Gasteiger partial charge in [0.25, 0.3) is 0 Å². The molecule has 98 valence electrons. The minimum Gasteiger partial charge on any atom is -0.493 e. The number of allylic oxidation sites excluding steroid dienone is 1. The van der Waals surface area contributed by atoms with Crippen molar-refractivity contribution < 1.29 is 19.0 Å². The van der Waals surface area contributed by atoms with Crippen molar-refractivity contribution in [1.29, 1.82) is 0 Å². The first-order valence-corrected chi connectivity index (χ1v) is 5.77. The molecule has 0 aliphatic rings. The fourth-order valence-corrected chi connectivity index (χ4v) is 1.47. The molecule has 0 amide bonds. The zero-order valence-electron chi connectivity index (χ0n) is 10.8. The topological polar surface area (TPSA) is 44.8 Å². The van der Waals surface area contributed by atoms with Crippen molar-refractivity contribution in [3.8, 4) is 11.5 Å². The molecule has 4 heteroatoms. The number of carbonyl (C=O) groups excluding carboxylic acids is 1. The molecule has 1 aromatic carbocycles. The molecule has 4 nitrogen and oxygen atoms in total. The average molecular weight is 250 g/mol. The van der Waals surface area contributed by atoms with Crippen LogP contribution in [0.25, 0.3) is 0 Å². The van der Waals surface area contributed by atoms with E-state index in [-0.39, 0.29) is 6.61 Å². The van der Waals surface area contributed by atoms with Crippen molar-refractivity contribution in [3.05, 3.63) is 36.4 Å². The molecule has 1 rings (SSSR count). The summed E-state index contributed by atoms with van der Waals surface area (Å²) in [6.07, 6.45) is 2.54. The molecule has 18 heavy (non-hydrogen) atoms. The number of esters is 1. The van der Waals surface area contributed by atoms with Crippen molar-refractivity contribution in [2.24, 2.45) is 0 Å². The van der Waals surface area contributed by atoms with Gasteiger partial charge in [-0.3, -0.25) is 0 Å². The Bertz CT molecular complexity index is 412. The summed E-state index contributed by atoms with van der Waals surface area (Å²) in [4.78, 5) is 11.2. The summed E-state index contributed by atoms with van der Waals surface area (Å²) in [6.45, 7) is 5.65. The zero-order valence-corrected chi connectivity index (χ0v) is 10.8. The predicted octanol–water partition coefficient (Wildman–Crippen LogP) is 2.37. The van der Waals surface area contributed by atoms with Crippen molar-refractivity contribution in [2.75, 3.05) is 20.3 Å². The first-order chi connectivity index (χ1) is 8.71. The maximum atomic E-state index is 11.2. The maximum absolute atomic E-state index is 11.2. The minimum absolute atomic E-state index is 0.123. The molecule has 0 unspecified atom stereocenters. The van der Waals surface area contributed by atoms with Gasteiger partial charge in [0.2, 0.25) is 0 Å². The van der Waals surface area contributed by atoms with Gasteiger partial charge in [0, 0.05) is 0 Å². The lowest BCUT2D eigenvalue weighted by atomic mass is 10.1. The van der Waals surface area contributed by atoms with Crippen LogP contribution >= 0.6 is 0 Å². The van der Waals surface area contributed by atoms with E-state index < -0.39 is 5.97 Å². The van der Waals surface area contributed by atoms with Gasteiger partial charge in [0.1, 0.15) is 0 Å². The van der Waals surface area contributed by atoms with Gasteiger partial charge in [-0.15, -0.1) is 6.58 Å². The van der Waals surface area contributed by atoms with Crippen molar-refractivity contribution in [2.45, 2.75) is 13.3 Å². The van der Waals surface area contributed by atoms with E-state index in [0.717, 1.165) is 12.0 Å². The molecule has 0 fully saturated rings. The lowest BCUT2D eigenvalue weighted by molar-refractivity contribution is -0.145. The van der Waals surface area contributed by atoms with E-state index in [4.69, 9.17) is 14.2 Å². The Morgan fingerprint density at radius 1 is 1.39 bits per heavy atom. The number of methoxy groups -OCH3 is 1. The van der Waals surface area contributed by atoms with Crippen LogP contribution in [0, 0.1) is 0 Å². The van der Waals surface area contributed by atoms with E-state index in [1.165, 1.54) is 0 Å². The first-order valence-electron chi connectivity index (χ1n) is 5.77. The monoisotopic (exact) mass is 250 g/mol. The van der Waals surface area contributed by atoms with E-state index in [1.807, 2.05) is 12.1 Å². The number of rotatable bonds is 7. The number of ether oxygens (including phenoxy) is 3. The minimum atomic E-state index is -0.395. The second kappa shape index (κ2) is 7.37. The molecule has 0 radical (unpaired) electrons. The van der Waals surface area contributed by atoms with Gasteiger partial charge in [0.15, 0.2) is 18.1 Å². The van der Waals surface area contributed by atoms with Crippen LogP contribution in [0.3, 0.4) is 0 Å². The standard InChI is InChI=1S/C14H18O4/c1-4-6-11-7-8-12(16-3)13(9-11)18-10-14(15)17-5-2/h4,7-9H,1,5-6,10H2,2-3H3. The molecule has 0 saturated carbocycles. The Morgan fingerprint density at radius 2 is 2.17 bits per heavy atom. The molecule has 0 bridgehead atoms. The summed E-state index contributed by atoms with van der Waals surface area (Å²) in [5.41, 5.74) is 1.05. The summed E-state index contributed by atoms with van der Waals surface area (Å²) in [5.74, 6) is 0.727. The molecule has 0 aliphatic heterocycles. The third-order valence-corrected chi connectivity index (χ3v) is 2.26. The van der Waals surface area contributed by atoms with Crippen LogP contribution in [0.5, 0.6) is 11.5 Å². The lowest BCUT2D eigenvalue weighted by Gasteiger charge is -2.11. The number of carbonyl (C=O) groups is 1. The van der Waals surface area contributed by atoms with Gasteiger partial charge in [-0.2, -0.15) is 0 Å². The SMILES string of the molecule is C=CCc1ccc(OC)c(OCC(=O)OCC)c1. The van der Waals surface area contributed by atoms with E-state index >= 15 is 0 Å². The van der Waals surface area contributed by atoms with Gasteiger partial charge in [-0.25, -0.2) is 4.79 Å². The lowest BCUT2D eigenvalue weighted by Crippen LogP contribution is -2.15. The maximum Gasteiger partial charge on any atom is 0.344 e. The highest BCUT2D eigenvalue weighted by atomic mass is 16.6. The second-order valence-electron chi connectivity index (χ2n) is 3.57. The average Bonchev–Trinajstić information content (AvgIpc) is 2.37. The highest BCUT2D eigenvalue weighted by molar-refractivity contribution is 5.71. The van der Waals surface area contributed by atoms with Crippen LogP contribution in [0.1, 0.15) is 12.5 Å². The largest absolute Gasteiger partial charge is 0.493 e. The predicted molar refractivity (Wildman–Crippen MR) is 69.0 cm³/mol. The zero-order chi connectivity index (χ0) is 13.4. The van der Waals surface area contributed by atoms with Gasteiger partial charge in [0.05, 0.1) is 13.7 Å². The number of benzene rings is 1. The van der Waals surface area contributed by atoms with Crippen LogP contribution < -0.4 is 9.47 Å². The molecule has 0 spiro atoms. The highest BCUT2D eigenvalue weighted by Crippen LogP contribution is 2.28. The highest BCUT2D eigenvalue weighted by Gasteiger charge is 2.08. The van der Waals surface area contributed by atoms with Crippen LogP contribution in [0.2, 0.25) is 0 Å². The van der Waals surface area contributed by atoms with E-state index in [0.29, 0.717) is 18.1 Å². The molecule has 1 aromatic rings. The Kier molecular flexibility index (Phi) is 5.77. The van der Waals surface area contributed by atoms with Gasteiger partial charge in [-0.05, 0) is 31.0 Å². The summed E-state index contributed by atoms with van der Waals surface area (Å²) < 4.78 is 15.4.